The van der Waals surface area contributed by atoms with E-state index in [2.05, 4.69) is 56.5 Å². The van der Waals surface area contributed by atoms with Crippen LogP contribution in [0.4, 0.5) is 0 Å². The lowest BCUT2D eigenvalue weighted by molar-refractivity contribution is -0.282. The number of esters is 2. The number of halogens is 1. The molecule has 12 nitrogen and oxygen atoms in total. The first-order chi connectivity index (χ1) is 26.4. The molecule has 1 fully saturated rings. The highest BCUT2D eigenvalue weighted by Crippen LogP contribution is 2.42. The van der Waals surface area contributed by atoms with Crippen molar-refractivity contribution in [1.82, 2.24) is 0 Å². The number of alkyl halides is 1. The highest BCUT2D eigenvalue weighted by atomic mass is 127. The summed E-state index contributed by atoms with van der Waals surface area (Å²) in [7, 11) is -6.74. The minimum Gasteiger partial charge on any atom is -0.493 e. The van der Waals surface area contributed by atoms with E-state index in [1.54, 1.807) is 48.5 Å². The second-order valence-corrected chi connectivity index (χ2v) is 23.1. The molecular weight excluding hydrogens is 871 g/mol. The Bertz CT molecular complexity index is 1890. The van der Waals surface area contributed by atoms with Crippen LogP contribution in [0.2, 0.25) is 18.1 Å². The van der Waals surface area contributed by atoms with E-state index in [1.165, 1.54) is 25.3 Å². The van der Waals surface area contributed by atoms with Crippen molar-refractivity contribution in [3.63, 3.8) is 0 Å². The molecule has 3 aromatic carbocycles. The van der Waals surface area contributed by atoms with Crippen molar-refractivity contribution >= 4 is 53.0 Å². The second-order valence-electron chi connectivity index (χ2n) is 15.3. The van der Waals surface area contributed by atoms with E-state index < -0.39 is 83.8 Å². The molecule has 0 N–H and O–H groups in total. The topological polar surface area (TPSA) is 142 Å². The Morgan fingerprint density at radius 3 is 2.12 bits per heavy atom. The van der Waals surface area contributed by atoms with Crippen LogP contribution in [0.1, 0.15) is 49.2 Å². The van der Waals surface area contributed by atoms with Crippen LogP contribution >= 0.6 is 22.6 Å². The van der Waals surface area contributed by atoms with Crippen LogP contribution in [0, 0.1) is 6.92 Å². The number of ether oxygens (including phenoxy) is 6. The molecule has 0 amide bonds. The summed E-state index contributed by atoms with van der Waals surface area (Å²) in [5.74, 6) is -1.14. The number of hydrogen-bond donors (Lipinski definition) is 0. The number of benzene rings is 3. The zero-order valence-electron chi connectivity index (χ0n) is 32.7. The SMILES string of the molecule is CC(=O)OC[C@H]1O[C@@H](O[C@H]2[C@H](OCc3ccccc3)C=CO[C@@H]2COS(=O)(=O)c2ccc(C)cc2)[C@H](I)[C@@H](O[Si](C)(C)C(C)(C)C)[C@@H]1OC(=O)c1ccccc1. The maximum Gasteiger partial charge on any atom is 0.338 e. The van der Waals surface area contributed by atoms with Crippen molar-refractivity contribution in [3.8, 4) is 0 Å². The van der Waals surface area contributed by atoms with Gasteiger partial charge in [0.25, 0.3) is 10.1 Å². The van der Waals surface area contributed by atoms with Crippen LogP contribution in [0.15, 0.2) is 102 Å². The molecule has 0 bridgehead atoms. The molecule has 0 aliphatic carbocycles. The third-order valence-electron chi connectivity index (χ3n) is 10.00. The van der Waals surface area contributed by atoms with Gasteiger partial charge in [-0.15, -0.1) is 0 Å². The minimum atomic E-state index is -4.17. The quantitative estimate of drug-likeness (QED) is 0.0497. The first-order valence-corrected chi connectivity index (χ1v) is 24.0. The van der Waals surface area contributed by atoms with E-state index in [9.17, 15) is 18.0 Å². The summed E-state index contributed by atoms with van der Waals surface area (Å²) in [6, 6.07) is 24.5. The normalized spacial score (nSPS) is 25.6. The molecular formula is C41H51IO12SSi. The Morgan fingerprint density at radius 2 is 1.50 bits per heavy atom. The van der Waals surface area contributed by atoms with Crippen LogP contribution in [0.5, 0.6) is 0 Å². The van der Waals surface area contributed by atoms with Crippen LogP contribution < -0.4 is 0 Å². The molecule has 0 saturated carbocycles. The standard InChI is InChI=1S/C41H51IO12SSi/c1-27-18-20-31(21-19-27)55(45,46)50-26-33-36(32(22-23-47-33)49-24-29-14-10-8-11-15-29)53-40-35(42)38(54-56(6,7)41(3,4)5)37(34(51-40)25-48-28(2)43)52-39(44)30-16-12-9-13-17-30/h8-23,32-38,40H,24-26H2,1-7H3/t32-,33-,34-,35-,36+,37-,38-,40+/m1/s1. The van der Waals surface area contributed by atoms with Crippen molar-refractivity contribution in [1.29, 1.82) is 0 Å². The van der Waals surface area contributed by atoms with E-state index >= 15 is 0 Å². The molecule has 0 spiro atoms. The molecule has 56 heavy (non-hydrogen) atoms. The van der Waals surface area contributed by atoms with E-state index in [0.29, 0.717) is 5.56 Å². The summed E-state index contributed by atoms with van der Waals surface area (Å²) in [5, 5.41) is -0.235. The van der Waals surface area contributed by atoms with Crippen molar-refractivity contribution in [2.24, 2.45) is 0 Å². The lowest BCUT2D eigenvalue weighted by atomic mass is 10.0. The molecule has 0 unspecified atom stereocenters. The predicted molar refractivity (Wildman–Crippen MR) is 219 cm³/mol. The average molecular weight is 923 g/mol. The Morgan fingerprint density at radius 1 is 0.857 bits per heavy atom. The number of aryl methyl sites for hydroxylation is 1. The zero-order chi connectivity index (χ0) is 40.7. The van der Waals surface area contributed by atoms with Gasteiger partial charge in [0.1, 0.15) is 37.6 Å². The molecule has 3 aromatic rings. The van der Waals surface area contributed by atoms with Crippen molar-refractivity contribution in [3.05, 3.63) is 114 Å². The van der Waals surface area contributed by atoms with Crippen molar-refractivity contribution < 1.29 is 55.0 Å². The monoisotopic (exact) mass is 922 g/mol. The summed E-state index contributed by atoms with van der Waals surface area (Å²) >= 11 is 2.18. The highest BCUT2D eigenvalue weighted by molar-refractivity contribution is 14.1. The minimum absolute atomic E-state index is 0.00163. The second kappa shape index (κ2) is 19.1. The van der Waals surface area contributed by atoms with Gasteiger partial charge < -0.3 is 32.8 Å². The smallest absolute Gasteiger partial charge is 0.338 e. The van der Waals surface area contributed by atoms with Gasteiger partial charge in [0.2, 0.25) is 0 Å². The molecule has 0 aromatic heterocycles. The predicted octanol–water partition coefficient (Wildman–Crippen LogP) is 7.29. The lowest BCUT2D eigenvalue weighted by Crippen LogP contribution is -2.64. The van der Waals surface area contributed by atoms with E-state index in [-0.39, 0.29) is 23.1 Å². The summed E-state index contributed by atoms with van der Waals surface area (Å²) < 4.78 is 76.0. The Hall–Kier alpha value is -3.16. The van der Waals surface area contributed by atoms with E-state index in [1.807, 2.05) is 37.3 Å². The molecule has 2 aliphatic rings. The van der Waals surface area contributed by atoms with Gasteiger partial charge in [-0.05, 0) is 61.0 Å². The molecule has 15 heteroatoms. The van der Waals surface area contributed by atoms with Gasteiger partial charge in [-0.25, -0.2) is 4.79 Å². The Kier molecular flexibility index (Phi) is 15.0. The fraction of sp³-hybridized carbons (Fsp3) is 0.463. The summed E-state index contributed by atoms with van der Waals surface area (Å²) in [4.78, 5) is 25.7. The number of hydrogen-bond acceptors (Lipinski definition) is 12. The van der Waals surface area contributed by atoms with Gasteiger partial charge in [0, 0.05) is 6.92 Å². The highest BCUT2D eigenvalue weighted by Gasteiger charge is 2.54. The molecule has 5 rings (SSSR count). The number of rotatable bonds is 15. The molecule has 8 atom stereocenters. The molecule has 2 heterocycles. The average Bonchev–Trinajstić information content (AvgIpc) is 3.16. The fourth-order valence-electron chi connectivity index (χ4n) is 5.79. The maximum atomic E-state index is 13.6. The zero-order valence-corrected chi connectivity index (χ0v) is 36.6. The Balaban J connectivity index is 1.48. The van der Waals surface area contributed by atoms with Crippen LogP contribution in [0.25, 0.3) is 0 Å². The van der Waals surface area contributed by atoms with Gasteiger partial charge in [-0.1, -0.05) is 110 Å². The van der Waals surface area contributed by atoms with Crippen LogP contribution in [0.3, 0.4) is 0 Å². The van der Waals surface area contributed by atoms with E-state index in [0.717, 1.165) is 11.1 Å². The maximum absolute atomic E-state index is 13.6. The van der Waals surface area contributed by atoms with Crippen LogP contribution in [-0.4, -0.2) is 88.7 Å². The largest absolute Gasteiger partial charge is 0.493 e. The summed E-state index contributed by atoms with van der Waals surface area (Å²) in [6.07, 6.45) is -3.45. The summed E-state index contributed by atoms with van der Waals surface area (Å²) in [5.41, 5.74) is 2.15. The van der Waals surface area contributed by atoms with E-state index in [4.69, 9.17) is 37.0 Å². The summed E-state index contributed by atoms with van der Waals surface area (Å²) in [6.45, 7) is 13.2. The number of carbonyl (C=O) groups is 2. The molecule has 1 saturated heterocycles. The third kappa shape index (κ3) is 11.5. The van der Waals surface area contributed by atoms with Gasteiger partial charge in [0.15, 0.2) is 26.8 Å². The molecule has 2 aliphatic heterocycles. The first kappa shape index (κ1) is 43.9. The van der Waals surface area contributed by atoms with Crippen molar-refractivity contribution in [2.45, 2.75) is 111 Å². The fourth-order valence-corrected chi connectivity index (χ4v) is 9.20. The molecule has 0 radical (unpaired) electrons. The lowest BCUT2D eigenvalue weighted by Gasteiger charge is -2.49. The van der Waals surface area contributed by atoms with Gasteiger partial charge in [-0.3, -0.25) is 8.98 Å². The molecule has 304 valence electrons. The third-order valence-corrected chi connectivity index (χ3v) is 17.1. The van der Waals surface area contributed by atoms with Crippen LogP contribution in [-0.2, 0) is 58.5 Å². The van der Waals surface area contributed by atoms with Gasteiger partial charge in [-0.2, -0.15) is 8.42 Å². The van der Waals surface area contributed by atoms with Gasteiger partial charge in [0.05, 0.1) is 27.3 Å². The Labute approximate surface area is 344 Å². The first-order valence-electron chi connectivity index (χ1n) is 18.4. The van der Waals surface area contributed by atoms with Crippen molar-refractivity contribution in [2.75, 3.05) is 13.2 Å². The van der Waals surface area contributed by atoms with Gasteiger partial charge >= 0.3 is 11.9 Å². The number of carbonyl (C=O) groups excluding carboxylic acids is 2.